The van der Waals surface area contributed by atoms with Crippen molar-refractivity contribution in [3.63, 3.8) is 0 Å². The monoisotopic (exact) mass is 408 g/mol. The van der Waals surface area contributed by atoms with Crippen LogP contribution in [0.3, 0.4) is 0 Å². The van der Waals surface area contributed by atoms with Crippen molar-refractivity contribution in [2.45, 2.75) is 32.6 Å². The van der Waals surface area contributed by atoms with Gasteiger partial charge in [0.15, 0.2) is 5.96 Å². The molecule has 1 aliphatic heterocycles. The number of hydrogen-bond acceptors (Lipinski definition) is 3. The number of hydrogen-bond donors (Lipinski definition) is 2. The highest BCUT2D eigenvalue weighted by atomic mass is 16.5. The quantitative estimate of drug-likeness (QED) is 0.542. The molecule has 1 saturated heterocycles. The third kappa shape index (κ3) is 5.99. The standard InChI is InChI=1S/C24H32N4O2/c1-4-25-24(26-15-13-19-5-9-22(10-6-19)27-18(2)29)28-16-14-21(17-28)20-7-11-23(30-3)12-8-20/h5-12,21H,4,13-17H2,1-3H3,(H,25,26)(H,27,29). The fourth-order valence-electron chi connectivity index (χ4n) is 3.78. The van der Waals surface area contributed by atoms with Gasteiger partial charge >= 0.3 is 0 Å². The lowest BCUT2D eigenvalue weighted by Crippen LogP contribution is -2.40. The van der Waals surface area contributed by atoms with Crippen LogP contribution in [0.2, 0.25) is 0 Å². The van der Waals surface area contributed by atoms with E-state index in [2.05, 4.69) is 34.6 Å². The molecule has 0 radical (unpaired) electrons. The number of anilines is 1. The second kappa shape index (κ2) is 10.7. The van der Waals surface area contributed by atoms with Crippen molar-refractivity contribution in [1.29, 1.82) is 0 Å². The molecule has 2 N–H and O–H groups in total. The van der Waals surface area contributed by atoms with Gasteiger partial charge in [-0.1, -0.05) is 24.3 Å². The second-order valence-corrected chi connectivity index (χ2v) is 7.57. The van der Waals surface area contributed by atoms with Gasteiger partial charge in [-0.25, -0.2) is 0 Å². The molecule has 1 fully saturated rings. The smallest absolute Gasteiger partial charge is 0.221 e. The van der Waals surface area contributed by atoms with Gasteiger partial charge in [-0.15, -0.1) is 0 Å². The molecule has 2 aromatic rings. The highest BCUT2D eigenvalue weighted by Gasteiger charge is 2.26. The number of ether oxygens (including phenoxy) is 1. The molecule has 3 rings (SSSR count). The number of guanidine groups is 1. The number of nitrogens with zero attached hydrogens (tertiary/aromatic N) is 2. The predicted molar refractivity (Wildman–Crippen MR) is 122 cm³/mol. The Hall–Kier alpha value is -3.02. The van der Waals surface area contributed by atoms with E-state index in [-0.39, 0.29) is 5.91 Å². The first kappa shape index (κ1) is 21.7. The van der Waals surface area contributed by atoms with E-state index in [1.54, 1.807) is 7.11 Å². The van der Waals surface area contributed by atoms with E-state index in [0.29, 0.717) is 5.92 Å². The molecule has 0 saturated carbocycles. The Morgan fingerprint density at radius 1 is 1.17 bits per heavy atom. The normalized spacial score (nSPS) is 16.4. The number of amides is 1. The van der Waals surface area contributed by atoms with Crippen LogP contribution in [0.15, 0.2) is 53.5 Å². The molecule has 160 valence electrons. The molecule has 0 aliphatic carbocycles. The maximum Gasteiger partial charge on any atom is 0.221 e. The predicted octanol–water partition coefficient (Wildman–Crippen LogP) is 3.65. The Morgan fingerprint density at radius 3 is 2.53 bits per heavy atom. The van der Waals surface area contributed by atoms with Crippen LogP contribution in [0.1, 0.15) is 37.3 Å². The number of aliphatic imine (C=N–C) groups is 1. The molecular formula is C24H32N4O2. The lowest BCUT2D eigenvalue weighted by atomic mass is 9.98. The van der Waals surface area contributed by atoms with E-state index in [4.69, 9.17) is 9.73 Å². The molecule has 30 heavy (non-hydrogen) atoms. The average Bonchev–Trinajstić information content (AvgIpc) is 3.24. The molecule has 1 unspecified atom stereocenters. The minimum Gasteiger partial charge on any atom is -0.497 e. The van der Waals surface area contributed by atoms with Crippen LogP contribution in [0, 0.1) is 0 Å². The number of rotatable bonds is 7. The molecular weight excluding hydrogens is 376 g/mol. The highest BCUT2D eigenvalue weighted by Crippen LogP contribution is 2.28. The fourth-order valence-corrected chi connectivity index (χ4v) is 3.78. The summed E-state index contributed by atoms with van der Waals surface area (Å²) in [6.07, 6.45) is 1.99. The summed E-state index contributed by atoms with van der Waals surface area (Å²) >= 11 is 0. The summed E-state index contributed by atoms with van der Waals surface area (Å²) in [4.78, 5) is 18.3. The lowest BCUT2D eigenvalue weighted by molar-refractivity contribution is -0.114. The van der Waals surface area contributed by atoms with Crippen molar-refractivity contribution in [3.05, 3.63) is 59.7 Å². The Kier molecular flexibility index (Phi) is 7.71. The van der Waals surface area contributed by atoms with E-state index in [9.17, 15) is 4.79 Å². The van der Waals surface area contributed by atoms with Crippen LogP contribution < -0.4 is 15.4 Å². The van der Waals surface area contributed by atoms with Gasteiger partial charge in [0.1, 0.15) is 5.75 Å². The first-order valence-electron chi connectivity index (χ1n) is 10.6. The Morgan fingerprint density at radius 2 is 1.90 bits per heavy atom. The molecule has 1 atom stereocenters. The maximum absolute atomic E-state index is 11.1. The van der Waals surface area contributed by atoms with Crippen LogP contribution in [0.4, 0.5) is 5.69 Å². The lowest BCUT2D eigenvalue weighted by Gasteiger charge is -2.22. The van der Waals surface area contributed by atoms with Gasteiger partial charge in [0.05, 0.1) is 7.11 Å². The summed E-state index contributed by atoms with van der Waals surface area (Å²) in [6.45, 7) is 7.19. The Labute approximate surface area is 179 Å². The molecule has 2 aromatic carbocycles. The fraction of sp³-hybridized carbons (Fsp3) is 0.417. The SMILES string of the molecule is CCNC(=NCCc1ccc(NC(C)=O)cc1)N1CCC(c2ccc(OC)cc2)C1. The van der Waals surface area contributed by atoms with E-state index in [1.807, 2.05) is 36.4 Å². The first-order chi connectivity index (χ1) is 14.6. The molecule has 0 aromatic heterocycles. The summed E-state index contributed by atoms with van der Waals surface area (Å²) in [5, 5.41) is 6.23. The van der Waals surface area contributed by atoms with Crippen molar-refractivity contribution >= 4 is 17.6 Å². The van der Waals surface area contributed by atoms with Crippen LogP contribution >= 0.6 is 0 Å². The minimum atomic E-state index is -0.0545. The molecule has 1 aliphatic rings. The number of likely N-dealkylation sites (tertiary alicyclic amines) is 1. The van der Waals surface area contributed by atoms with E-state index >= 15 is 0 Å². The zero-order valence-corrected chi connectivity index (χ0v) is 18.1. The number of benzene rings is 2. The van der Waals surface area contributed by atoms with E-state index < -0.39 is 0 Å². The first-order valence-corrected chi connectivity index (χ1v) is 10.6. The largest absolute Gasteiger partial charge is 0.497 e. The van der Waals surface area contributed by atoms with Gasteiger partial charge in [0.25, 0.3) is 0 Å². The summed E-state index contributed by atoms with van der Waals surface area (Å²) in [5.74, 6) is 2.35. The van der Waals surface area contributed by atoms with E-state index in [0.717, 1.165) is 56.4 Å². The van der Waals surface area contributed by atoms with Crippen LogP contribution in [-0.2, 0) is 11.2 Å². The molecule has 6 nitrogen and oxygen atoms in total. The van der Waals surface area contributed by atoms with Crippen LogP contribution in [0.25, 0.3) is 0 Å². The molecule has 1 heterocycles. The third-order valence-corrected chi connectivity index (χ3v) is 5.35. The topological polar surface area (TPSA) is 66.0 Å². The van der Waals surface area contributed by atoms with Gasteiger partial charge in [-0.05, 0) is 55.2 Å². The Bertz CT molecular complexity index is 847. The summed E-state index contributed by atoms with van der Waals surface area (Å²) < 4.78 is 5.27. The van der Waals surface area contributed by atoms with Crippen molar-refractivity contribution in [2.24, 2.45) is 4.99 Å². The number of carbonyl (C=O) groups excluding carboxylic acids is 1. The van der Waals surface area contributed by atoms with Gasteiger partial charge < -0.3 is 20.3 Å². The Balaban J connectivity index is 1.56. The average molecular weight is 409 g/mol. The maximum atomic E-state index is 11.1. The highest BCUT2D eigenvalue weighted by molar-refractivity contribution is 5.88. The molecule has 0 bridgehead atoms. The number of methoxy groups -OCH3 is 1. The van der Waals surface area contributed by atoms with Gasteiger partial charge in [0.2, 0.25) is 5.91 Å². The zero-order chi connectivity index (χ0) is 21.3. The summed E-state index contributed by atoms with van der Waals surface area (Å²) in [6, 6.07) is 16.4. The van der Waals surface area contributed by atoms with Crippen molar-refractivity contribution in [2.75, 3.05) is 38.6 Å². The summed E-state index contributed by atoms with van der Waals surface area (Å²) in [7, 11) is 1.70. The molecule has 6 heteroatoms. The molecule has 1 amide bonds. The van der Waals surface area contributed by atoms with Crippen molar-refractivity contribution in [3.8, 4) is 5.75 Å². The third-order valence-electron chi connectivity index (χ3n) is 5.35. The van der Waals surface area contributed by atoms with Crippen molar-refractivity contribution < 1.29 is 9.53 Å². The number of carbonyl (C=O) groups is 1. The second-order valence-electron chi connectivity index (χ2n) is 7.57. The zero-order valence-electron chi connectivity index (χ0n) is 18.1. The van der Waals surface area contributed by atoms with Gasteiger partial charge in [-0.2, -0.15) is 0 Å². The van der Waals surface area contributed by atoms with Gasteiger partial charge in [0, 0.05) is 44.7 Å². The van der Waals surface area contributed by atoms with Crippen LogP contribution in [0.5, 0.6) is 5.75 Å². The van der Waals surface area contributed by atoms with E-state index in [1.165, 1.54) is 18.1 Å². The summed E-state index contributed by atoms with van der Waals surface area (Å²) in [5.41, 5.74) is 3.39. The minimum absolute atomic E-state index is 0.0545. The molecule has 0 spiro atoms. The van der Waals surface area contributed by atoms with Crippen molar-refractivity contribution in [1.82, 2.24) is 10.2 Å². The number of nitrogens with one attached hydrogen (secondary N) is 2. The van der Waals surface area contributed by atoms with Crippen LogP contribution in [-0.4, -0.2) is 50.1 Å². The van der Waals surface area contributed by atoms with Gasteiger partial charge in [-0.3, -0.25) is 9.79 Å².